The normalized spacial score (nSPS) is 21.4. The quantitative estimate of drug-likeness (QED) is 0.942. The lowest BCUT2D eigenvalue weighted by atomic mass is 9.98. The van der Waals surface area contributed by atoms with Crippen LogP contribution in [0.2, 0.25) is 0 Å². The molecule has 1 aromatic heterocycles. The Morgan fingerprint density at radius 3 is 3.04 bits per heavy atom. The molecule has 122 valence electrons. The minimum atomic E-state index is 0.158. The Bertz CT molecular complexity index is 697. The molecule has 2 aromatic rings. The molecule has 0 spiro atoms. The number of rotatable bonds is 3. The number of amides is 1. The maximum Gasteiger partial charge on any atom is 0.228 e. The molecular formula is C18H23N3OS. The molecule has 2 atom stereocenters. The molecule has 1 amide bonds. The summed E-state index contributed by atoms with van der Waals surface area (Å²) in [6.07, 6.45) is 2.15. The molecule has 0 aliphatic carbocycles. The first-order chi connectivity index (χ1) is 11.0. The molecular weight excluding hydrogens is 306 g/mol. The predicted octanol–water partition coefficient (Wildman–Crippen LogP) is 3.00. The number of hydrogen-bond acceptors (Lipinski definition) is 4. The van der Waals surface area contributed by atoms with Crippen molar-refractivity contribution in [3.8, 4) is 10.6 Å². The molecule has 1 aliphatic heterocycles. The van der Waals surface area contributed by atoms with Crippen LogP contribution in [0.15, 0.2) is 29.6 Å². The van der Waals surface area contributed by atoms with Gasteiger partial charge in [-0.05, 0) is 32.8 Å². The fraction of sp³-hybridized carbons (Fsp3) is 0.444. The second kappa shape index (κ2) is 6.81. The Morgan fingerprint density at radius 1 is 1.48 bits per heavy atom. The summed E-state index contributed by atoms with van der Waals surface area (Å²) in [7, 11) is 0. The third-order valence-electron chi connectivity index (χ3n) is 4.39. The van der Waals surface area contributed by atoms with E-state index in [9.17, 15) is 4.79 Å². The number of aromatic nitrogens is 1. The monoisotopic (exact) mass is 329 g/mol. The van der Waals surface area contributed by atoms with Gasteiger partial charge >= 0.3 is 0 Å². The van der Waals surface area contributed by atoms with Gasteiger partial charge in [-0.25, -0.2) is 4.98 Å². The minimum absolute atomic E-state index is 0.158. The van der Waals surface area contributed by atoms with Crippen LogP contribution in [0.1, 0.15) is 31.0 Å². The average molecular weight is 329 g/mol. The van der Waals surface area contributed by atoms with Crippen LogP contribution in [-0.2, 0) is 11.2 Å². The highest BCUT2D eigenvalue weighted by molar-refractivity contribution is 7.13. The van der Waals surface area contributed by atoms with Crippen molar-refractivity contribution in [2.24, 2.45) is 5.73 Å². The SMILES string of the molecule is Cc1cccc(-c2nc(CC(=O)N3CC[C@@H](N)C[C@H]3C)cs2)c1. The van der Waals surface area contributed by atoms with Crippen LogP contribution >= 0.6 is 11.3 Å². The Hall–Kier alpha value is -1.72. The number of carbonyl (C=O) groups is 1. The first-order valence-corrected chi connectivity index (χ1v) is 8.97. The maximum absolute atomic E-state index is 12.5. The molecule has 0 radical (unpaired) electrons. The lowest BCUT2D eigenvalue weighted by molar-refractivity contribution is -0.133. The summed E-state index contributed by atoms with van der Waals surface area (Å²) in [6, 6.07) is 8.74. The van der Waals surface area contributed by atoms with Crippen LogP contribution in [0.5, 0.6) is 0 Å². The van der Waals surface area contributed by atoms with Crippen LogP contribution in [0, 0.1) is 6.92 Å². The van der Waals surface area contributed by atoms with Crippen LogP contribution in [0.3, 0.4) is 0 Å². The number of nitrogens with zero attached hydrogens (tertiary/aromatic N) is 2. The fourth-order valence-corrected chi connectivity index (χ4v) is 3.95. The van der Waals surface area contributed by atoms with Gasteiger partial charge < -0.3 is 10.6 Å². The molecule has 23 heavy (non-hydrogen) atoms. The zero-order valence-electron chi connectivity index (χ0n) is 13.7. The number of hydrogen-bond donors (Lipinski definition) is 1. The number of likely N-dealkylation sites (tertiary alicyclic amines) is 1. The van der Waals surface area contributed by atoms with E-state index >= 15 is 0 Å². The number of aryl methyl sites for hydroxylation is 1. The Morgan fingerprint density at radius 2 is 2.30 bits per heavy atom. The van der Waals surface area contributed by atoms with E-state index in [0.717, 1.165) is 35.7 Å². The smallest absolute Gasteiger partial charge is 0.228 e. The summed E-state index contributed by atoms with van der Waals surface area (Å²) in [6.45, 7) is 4.91. The van der Waals surface area contributed by atoms with E-state index in [0.29, 0.717) is 6.42 Å². The van der Waals surface area contributed by atoms with Gasteiger partial charge in [-0.3, -0.25) is 4.79 Å². The van der Waals surface area contributed by atoms with E-state index in [1.165, 1.54) is 5.56 Å². The van der Waals surface area contributed by atoms with Crippen molar-refractivity contribution >= 4 is 17.2 Å². The van der Waals surface area contributed by atoms with Crippen molar-refractivity contribution in [3.63, 3.8) is 0 Å². The number of nitrogens with two attached hydrogens (primary N) is 1. The average Bonchev–Trinajstić information content (AvgIpc) is 2.95. The van der Waals surface area contributed by atoms with Gasteiger partial charge in [0.05, 0.1) is 12.1 Å². The van der Waals surface area contributed by atoms with E-state index in [2.05, 4.69) is 37.0 Å². The maximum atomic E-state index is 12.5. The lowest BCUT2D eigenvalue weighted by Crippen LogP contribution is -2.48. The highest BCUT2D eigenvalue weighted by atomic mass is 32.1. The summed E-state index contributed by atoms with van der Waals surface area (Å²) in [5.74, 6) is 0.158. The van der Waals surface area contributed by atoms with Crippen molar-refractivity contribution in [1.29, 1.82) is 0 Å². The second-order valence-corrected chi connectivity index (χ2v) is 7.27. The third-order valence-corrected chi connectivity index (χ3v) is 5.33. The molecule has 1 fully saturated rings. The Labute approximate surface area is 141 Å². The molecule has 0 bridgehead atoms. The second-order valence-electron chi connectivity index (χ2n) is 6.41. The van der Waals surface area contributed by atoms with E-state index in [4.69, 9.17) is 5.73 Å². The first-order valence-electron chi connectivity index (χ1n) is 8.09. The minimum Gasteiger partial charge on any atom is -0.340 e. The summed E-state index contributed by atoms with van der Waals surface area (Å²) in [5, 5.41) is 2.97. The largest absolute Gasteiger partial charge is 0.340 e. The Balaban J connectivity index is 1.68. The molecule has 2 heterocycles. The van der Waals surface area contributed by atoms with Gasteiger partial charge in [-0.1, -0.05) is 23.8 Å². The van der Waals surface area contributed by atoms with Gasteiger partial charge in [0.1, 0.15) is 5.01 Å². The van der Waals surface area contributed by atoms with Crippen molar-refractivity contribution < 1.29 is 4.79 Å². The van der Waals surface area contributed by atoms with Crippen LogP contribution < -0.4 is 5.73 Å². The van der Waals surface area contributed by atoms with Gasteiger partial charge in [0.25, 0.3) is 0 Å². The number of piperidine rings is 1. The molecule has 0 unspecified atom stereocenters. The van der Waals surface area contributed by atoms with Crippen molar-refractivity contribution in [2.45, 2.75) is 45.2 Å². The van der Waals surface area contributed by atoms with Gasteiger partial charge in [0, 0.05) is 29.6 Å². The number of carbonyl (C=O) groups excluding carboxylic acids is 1. The Kier molecular flexibility index (Phi) is 4.78. The van der Waals surface area contributed by atoms with Gasteiger partial charge in [0.15, 0.2) is 0 Å². The molecule has 1 aliphatic rings. The standard InChI is InChI=1S/C18H23N3OS/c1-12-4-3-5-14(8-12)18-20-16(11-23-18)10-17(22)21-7-6-15(19)9-13(21)2/h3-5,8,11,13,15H,6-7,9-10,19H2,1-2H3/t13-,15-/m1/s1. The predicted molar refractivity (Wildman–Crippen MR) is 94.4 cm³/mol. The molecule has 0 saturated carbocycles. The highest BCUT2D eigenvalue weighted by Crippen LogP contribution is 2.25. The molecule has 2 N–H and O–H groups in total. The molecule has 3 rings (SSSR count). The molecule has 1 saturated heterocycles. The first kappa shape index (κ1) is 16.1. The van der Waals surface area contributed by atoms with Crippen molar-refractivity contribution in [1.82, 2.24) is 9.88 Å². The third kappa shape index (κ3) is 3.79. The highest BCUT2D eigenvalue weighted by Gasteiger charge is 2.27. The summed E-state index contributed by atoms with van der Waals surface area (Å²) in [5.41, 5.74) is 9.16. The van der Waals surface area contributed by atoms with Gasteiger partial charge in [0.2, 0.25) is 5.91 Å². The van der Waals surface area contributed by atoms with Crippen LogP contribution in [0.25, 0.3) is 10.6 Å². The molecule has 1 aromatic carbocycles. The molecule has 4 nitrogen and oxygen atoms in total. The van der Waals surface area contributed by atoms with Crippen molar-refractivity contribution in [2.75, 3.05) is 6.54 Å². The van der Waals surface area contributed by atoms with E-state index in [-0.39, 0.29) is 18.0 Å². The van der Waals surface area contributed by atoms with Crippen LogP contribution in [-0.4, -0.2) is 34.4 Å². The summed E-state index contributed by atoms with van der Waals surface area (Å²) >= 11 is 1.60. The fourth-order valence-electron chi connectivity index (χ4n) is 3.13. The summed E-state index contributed by atoms with van der Waals surface area (Å²) in [4.78, 5) is 19.1. The van der Waals surface area contributed by atoms with E-state index in [1.54, 1.807) is 11.3 Å². The van der Waals surface area contributed by atoms with Crippen LogP contribution in [0.4, 0.5) is 0 Å². The molecule has 5 heteroatoms. The summed E-state index contributed by atoms with van der Waals surface area (Å²) < 4.78 is 0. The lowest BCUT2D eigenvalue weighted by Gasteiger charge is -2.36. The van der Waals surface area contributed by atoms with Gasteiger partial charge in [-0.15, -0.1) is 11.3 Å². The number of thiazole rings is 1. The topological polar surface area (TPSA) is 59.2 Å². The van der Waals surface area contributed by atoms with Gasteiger partial charge in [-0.2, -0.15) is 0 Å². The zero-order valence-corrected chi connectivity index (χ0v) is 14.5. The number of benzene rings is 1. The van der Waals surface area contributed by atoms with E-state index < -0.39 is 0 Å². The zero-order chi connectivity index (χ0) is 16.4. The van der Waals surface area contributed by atoms with E-state index in [1.807, 2.05) is 16.3 Å². The van der Waals surface area contributed by atoms with Crippen molar-refractivity contribution in [3.05, 3.63) is 40.9 Å².